The minimum Gasteiger partial charge on any atom is -0.480 e. The topological polar surface area (TPSA) is 101 Å². The van der Waals surface area contributed by atoms with E-state index in [1.807, 2.05) is 20.8 Å². The Morgan fingerprint density at radius 3 is 2.14 bits per heavy atom. The van der Waals surface area contributed by atoms with Crippen LogP contribution in [0.15, 0.2) is 29.2 Å². The van der Waals surface area contributed by atoms with Gasteiger partial charge in [-0.2, -0.15) is 0 Å². The van der Waals surface area contributed by atoms with Crippen LogP contribution in [0.25, 0.3) is 0 Å². The standard InChI is InChI=1S/C15H21NO5S/c1-5-15(3,4)14(19)16-11-6-8-12(9-7-11)22(20,21)10(2)13(17)18/h6-10H,5H2,1-4H3,(H,16,19)(H,17,18). The molecule has 0 heterocycles. The number of carboxylic acids is 1. The zero-order valence-electron chi connectivity index (χ0n) is 13.1. The Labute approximate surface area is 130 Å². The molecule has 0 radical (unpaired) electrons. The summed E-state index contributed by atoms with van der Waals surface area (Å²) >= 11 is 0. The second-order valence-electron chi connectivity index (χ2n) is 5.74. The molecule has 0 fully saturated rings. The zero-order chi connectivity index (χ0) is 17.1. The molecule has 1 aromatic carbocycles. The molecule has 7 heteroatoms. The van der Waals surface area contributed by atoms with Crippen molar-refractivity contribution >= 4 is 27.4 Å². The number of anilines is 1. The molecule has 122 valence electrons. The monoisotopic (exact) mass is 327 g/mol. The molecule has 2 N–H and O–H groups in total. The first-order chi connectivity index (χ1) is 10.0. The van der Waals surface area contributed by atoms with Crippen molar-refractivity contribution in [3.05, 3.63) is 24.3 Å². The van der Waals surface area contributed by atoms with Gasteiger partial charge in [0.25, 0.3) is 0 Å². The second-order valence-corrected chi connectivity index (χ2v) is 8.01. The zero-order valence-corrected chi connectivity index (χ0v) is 13.9. The van der Waals surface area contributed by atoms with E-state index in [9.17, 15) is 18.0 Å². The molecular weight excluding hydrogens is 306 g/mol. The third kappa shape index (κ3) is 3.85. The Bertz CT molecular complexity index is 662. The highest BCUT2D eigenvalue weighted by Gasteiger charge is 2.29. The molecule has 0 aromatic heterocycles. The van der Waals surface area contributed by atoms with E-state index in [0.717, 1.165) is 6.92 Å². The molecule has 1 rings (SSSR count). The number of hydrogen-bond acceptors (Lipinski definition) is 4. The average Bonchev–Trinajstić information content (AvgIpc) is 2.46. The lowest BCUT2D eigenvalue weighted by Gasteiger charge is -2.21. The van der Waals surface area contributed by atoms with Gasteiger partial charge in [-0.05, 0) is 37.6 Å². The van der Waals surface area contributed by atoms with Gasteiger partial charge in [0.1, 0.15) is 0 Å². The number of amides is 1. The number of benzene rings is 1. The number of sulfone groups is 1. The smallest absolute Gasteiger partial charge is 0.321 e. The van der Waals surface area contributed by atoms with Crippen molar-refractivity contribution in [3.8, 4) is 0 Å². The number of hydrogen-bond donors (Lipinski definition) is 2. The van der Waals surface area contributed by atoms with Crippen molar-refractivity contribution in [2.75, 3.05) is 5.32 Å². The van der Waals surface area contributed by atoms with Crippen molar-refractivity contribution in [2.45, 2.75) is 44.3 Å². The Morgan fingerprint density at radius 1 is 1.23 bits per heavy atom. The van der Waals surface area contributed by atoms with Gasteiger partial charge in [-0.15, -0.1) is 0 Å². The van der Waals surface area contributed by atoms with Gasteiger partial charge in [0.05, 0.1) is 4.90 Å². The Kier molecular flexibility index (Phi) is 5.35. The van der Waals surface area contributed by atoms with E-state index in [1.54, 1.807) is 0 Å². The molecule has 6 nitrogen and oxygen atoms in total. The second kappa shape index (κ2) is 6.48. The maximum absolute atomic E-state index is 12.0. The van der Waals surface area contributed by atoms with Gasteiger partial charge in [0, 0.05) is 11.1 Å². The highest BCUT2D eigenvalue weighted by atomic mass is 32.2. The summed E-state index contributed by atoms with van der Waals surface area (Å²) < 4.78 is 24.1. The molecule has 0 aliphatic rings. The first kappa shape index (κ1) is 18.2. The highest BCUT2D eigenvalue weighted by molar-refractivity contribution is 7.92. The van der Waals surface area contributed by atoms with Crippen molar-refractivity contribution in [3.63, 3.8) is 0 Å². The van der Waals surface area contributed by atoms with Gasteiger partial charge >= 0.3 is 5.97 Å². The maximum atomic E-state index is 12.0. The quantitative estimate of drug-likeness (QED) is 0.835. The van der Waals surface area contributed by atoms with Crippen LogP contribution in [0.4, 0.5) is 5.69 Å². The summed E-state index contributed by atoms with van der Waals surface area (Å²) in [6.45, 7) is 6.66. The van der Waals surface area contributed by atoms with E-state index >= 15 is 0 Å². The fourth-order valence-corrected chi connectivity index (χ4v) is 2.71. The largest absolute Gasteiger partial charge is 0.480 e. The molecule has 0 saturated heterocycles. The van der Waals surface area contributed by atoms with Crippen molar-refractivity contribution < 1.29 is 23.1 Å². The number of rotatable bonds is 6. The van der Waals surface area contributed by atoms with Gasteiger partial charge in [-0.25, -0.2) is 8.42 Å². The highest BCUT2D eigenvalue weighted by Crippen LogP contribution is 2.23. The molecule has 22 heavy (non-hydrogen) atoms. The van der Waals surface area contributed by atoms with Gasteiger partial charge < -0.3 is 10.4 Å². The first-order valence-corrected chi connectivity index (χ1v) is 8.45. The molecule has 1 unspecified atom stereocenters. The van der Waals surface area contributed by atoms with E-state index in [-0.39, 0.29) is 10.8 Å². The van der Waals surface area contributed by atoms with Crippen LogP contribution in [0.1, 0.15) is 34.1 Å². The molecule has 0 bridgehead atoms. The molecule has 1 aromatic rings. The Morgan fingerprint density at radius 2 is 1.73 bits per heavy atom. The number of nitrogens with one attached hydrogen (secondary N) is 1. The Balaban J connectivity index is 2.97. The fourth-order valence-electron chi connectivity index (χ4n) is 1.53. The van der Waals surface area contributed by atoms with Crippen molar-refractivity contribution in [1.29, 1.82) is 0 Å². The molecule has 0 aliphatic carbocycles. The van der Waals surface area contributed by atoms with Crippen LogP contribution in [0.5, 0.6) is 0 Å². The Hall–Kier alpha value is -1.89. The van der Waals surface area contributed by atoms with Crippen LogP contribution in [0, 0.1) is 5.41 Å². The van der Waals surface area contributed by atoms with Gasteiger partial charge in [0.15, 0.2) is 15.1 Å². The summed E-state index contributed by atoms with van der Waals surface area (Å²) in [4.78, 5) is 22.8. The van der Waals surface area contributed by atoms with Crippen LogP contribution >= 0.6 is 0 Å². The number of carboxylic acid groups (broad SMARTS) is 1. The lowest BCUT2D eigenvalue weighted by molar-refractivity contribution is -0.136. The van der Waals surface area contributed by atoms with Gasteiger partial charge in [-0.1, -0.05) is 20.8 Å². The summed E-state index contributed by atoms with van der Waals surface area (Å²) in [6, 6.07) is 5.49. The summed E-state index contributed by atoms with van der Waals surface area (Å²) in [6.07, 6.45) is 0.668. The summed E-state index contributed by atoms with van der Waals surface area (Å²) in [5.74, 6) is -1.56. The molecular formula is C15H21NO5S. The number of carbonyl (C=O) groups is 2. The third-order valence-electron chi connectivity index (χ3n) is 3.75. The summed E-state index contributed by atoms with van der Waals surface area (Å²) in [7, 11) is -3.93. The van der Waals surface area contributed by atoms with E-state index < -0.39 is 26.5 Å². The van der Waals surface area contributed by atoms with Crippen LogP contribution in [-0.4, -0.2) is 30.7 Å². The van der Waals surface area contributed by atoms with E-state index in [0.29, 0.717) is 12.1 Å². The molecule has 1 amide bonds. The first-order valence-electron chi connectivity index (χ1n) is 6.90. The van der Waals surface area contributed by atoms with Crippen LogP contribution in [0.3, 0.4) is 0 Å². The maximum Gasteiger partial charge on any atom is 0.321 e. The average molecular weight is 327 g/mol. The molecule has 0 spiro atoms. The molecule has 0 saturated carbocycles. The number of carbonyl (C=O) groups excluding carboxylic acids is 1. The van der Waals surface area contributed by atoms with Crippen LogP contribution < -0.4 is 5.32 Å². The van der Waals surface area contributed by atoms with E-state index in [1.165, 1.54) is 24.3 Å². The van der Waals surface area contributed by atoms with E-state index in [2.05, 4.69) is 5.32 Å². The molecule has 0 aliphatic heterocycles. The predicted octanol–water partition coefficient (Wildman–Crippen LogP) is 2.31. The minimum atomic E-state index is -3.93. The van der Waals surface area contributed by atoms with Crippen LogP contribution in [-0.2, 0) is 19.4 Å². The lowest BCUT2D eigenvalue weighted by atomic mass is 9.89. The predicted molar refractivity (Wildman–Crippen MR) is 83.4 cm³/mol. The lowest BCUT2D eigenvalue weighted by Crippen LogP contribution is -2.30. The van der Waals surface area contributed by atoms with Crippen molar-refractivity contribution in [2.24, 2.45) is 5.41 Å². The molecule has 1 atom stereocenters. The minimum absolute atomic E-state index is 0.0878. The van der Waals surface area contributed by atoms with Crippen molar-refractivity contribution in [1.82, 2.24) is 0 Å². The van der Waals surface area contributed by atoms with Gasteiger partial charge in [-0.3, -0.25) is 9.59 Å². The van der Waals surface area contributed by atoms with E-state index in [4.69, 9.17) is 5.11 Å². The summed E-state index contributed by atoms with van der Waals surface area (Å²) in [5, 5.41) is 10.0. The SMILES string of the molecule is CCC(C)(C)C(=O)Nc1ccc(S(=O)(=O)C(C)C(=O)O)cc1. The number of aliphatic carboxylic acids is 1. The van der Waals surface area contributed by atoms with Crippen LogP contribution in [0.2, 0.25) is 0 Å². The normalized spacial score (nSPS) is 13.5. The third-order valence-corrected chi connectivity index (χ3v) is 5.81. The summed E-state index contributed by atoms with van der Waals surface area (Å²) in [5.41, 5.74) is -0.0591. The fraction of sp³-hybridized carbons (Fsp3) is 0.467. The van der Waals surface area contributed by atoms with Gasteiger partial charge in [0.2, 0.25) is 5.91 Å².